The van der Waals surface area contributed by atoms with Crippen LogP contribution in [0.15, 0.2) is 71.7 Å². The van der Waals surface area contributed by atoms with Crippen LogP contribution in [-0.2, 0) is 0 Å². The Morgan fingerprint density at radius 3 is 2.50 bits per heavy atom. The number of benzene rings is 3. The summed E-state index contributed by atoms with van der Waals surface area (Å²) in [5.74, 6) is 0. The lowest BCUT2D eigenvalue weighted by Gasteiger charge is -2.27. The van der Waals surface area contributed by atoms with Crippen molar-refractivity contribution in [2.75, 3.05) is 5.32 Å². The standard InChI is InChI=1S/C20H18N2/c1-2-18-17-13-12-14-8-6-7-11-16(14)19(17)22-20(21-18)15-9-4-3-5-10-15/h3-13,20,22H,2H2,1H3. The SMILES string of the molecule is CCC1=NC(c2ccccc2)Nc2c1ccc1ccccc21. The molecule has 3 aromatic rings. The zero-order valence-electron chi connectivity index (χ0n) is 12.6. The van der Waals surface area contributed by atoms with Gasteiger partial charge in [0.05, 0.1) is 5.69 Å². The Balaban J connectivity index is 1.90. The van der Waals surface area contributed by atoms with Crippen LogP contribution in [0, 0.1) is 0 Å². The third kappa shape index (κ3) is 2.08. The third-order valence-corrected chi connectivity index (χ3v) is 4.26. The van der Waals surface area contributed by atoms with E-state index in [4.69, 9.17) is 4.99 Å². The first-order chi connectivity index (χ1) is 10.9. The molecule has 1 aliphatic heterocycles. The highest BCUT2D eigenvalue weighted by atomic mass is 15.1. The molecule has 0 bridgehead atoms. The molecule has 0 fully saturated rings. The number of hydrogen-bond acceptors (Lipinski definition) is 2. The molecular weight excluding hydrogens is 268 g/mol. The van der Waals surface area contributed by atoms with Crippen molar-refractivity contribution >= 4 is 22.2 Å². The molecule has 2 heteroatoms. The minimum Gasteiger partial charge on any atom is -0.359 e. The average molecular weight is 286 g/mol. The van der Waals surface area contributed by atoms with Crippen molar-refractivity contribution in [3.8, 4) is 0 Å². The molecule has 22 heavy (non-hydrogen) atoms. The summed E-state index contributed by atoms with van der Waals surface area (Å²) >= 11 is 0. The van der Waals surface area contributed by atoms with E-state index in [1.165, 1.54) is 33.3 Å². The number of anilines is 1. The zero-order chi connectivity index (χ0) is 14.9. The van der Waals surface area contributed by atoms with Crippen LogP contribution >= 0.6 is 0 Å². The molecular formula is C20H18N2. The van der Waals surface area contributed by atoms with Crippen LogP contribution in [0.4, 0.5) is 5.69 Å². The zero-order valence-corrected chi connectivity index (χ0v) is 12.6. The summed E-state index contributed by atoms with van der Waals surface area (Å²) in [5.41, 5.74) is 4.81. The van der Waals surface area contributed by atoms with E-state index < -0.39 is 0 Å². The average Bonchev–Trinajstić information content (AvgIpc) is 2.61. The highest BCUT2D eigenvalue weighted by Crippen LogP contribution is 2.36. The molecule has 0 radical (unpaired) electrons. The normalized spacial score (nSPS) is 16.8. The van der Waals surface area contributed by atoms with E-state index in [1.54, 1.807) is 0 Å². The largest absolute Gasteiger partial charge is 0.359 e. The van der Waals surface area contributed by atoms with Crippen molar-refractivity contribution in [1.29, 1.82) is 0 Å². The first kappa shape index (κ1) is 13.1. The van der Waals surface area contributed by atoms with Gasteiger partial charge in [-0.2, -0.15) is 0 Å². The van der Waals surface area contributed by atoms with Crippen LogP contribution in [0.25, 0.3) is 10.8 Å². The van der Waals surface area contributed by atoms with Crippen LogP contribution in [0.5, 0.6) is 0 Å². The van der Waals surface area contributed by atoms with E-state index in [-0.39, 0.29) is 6.17 Å². The topological polar surface area (TPSA) is 24.4 Å². The highest BCUT2D eigenvalue weighted by Gasteiger charge is 2.21. The van der Waals surface area contributed by atoms with Crippen LogP contribution in [0.3, 0.4) is 0 Å². The maximum Gasteiger partial charge on any atom is 0.145 e. The maximum absolute atomic E-state index is 4.92. The molecule has 1 heterocycles. The third-order valence-electron chi connectivity index (χ3n) is 4.26. The molecule has 4 rings (SSSR count). The second kappa shape index (κ2) is 5.30. The fourth-order valence-electron chi connectivity index (χ4n) is 3.14. The lowest BCUT2D eigenvalue weighted by Crippen LogP contribution is -2.19. The summed E-state index contributed by atoms with van der Waals surface area (Å²) in [4.78, 5) is 4.92. The second-order valence-corrected chi connectivity index (χ2v) is 5.60. The van der Waals surface area contributed by atoms with Crippen molar-refractivity contribution in [3.05, 3.63) is 77.9 Å². The molecule has 1 aliphatic rings. The van der Waals surface area contributed by atoms with Gasteiger partial charge in [0.2, 0.25) is 0 Å². The number of nitrogens with zero attached hydrogens (tertiary/aromatic N) is 1. The Kier molecular flexibility index (Phi) is 3.15. The molecule has 3 aromatic carbocycles. The predicted octanol–water partition coefficient (Wildman–Crippen LogP) is 5.16. The van der Waals surface area contributed by atoms with Crippen molar-refractivity contribution < 1.29 is 0 Å². The molecule has 0 spiro atoms. The number of fused-ring (bicyclic) bond motifs is 3. The summed E-state index contributed by atoms with van der Waals surface area (Å²) in [5, 5.41) is 6.16. The van der Waals surface area contributed by atoms with E-state index in [1.807, 2.05) is 6.07 Å². The van der Waals surface area contributed by atoms with E-state index in [0.29, 0.717) is 0 Å². The van der Waals surface area contributed by atoms with Gasteiger partial charge in [0, 0.05) is 16.7 Å². The van der Waals surface area contributed by atoms with Gasteiger partial charge in [0.15, 0.2) is 0 Å². The number of rotatable bonds is 2. The number of aliphatic imine (C=N–C) groups is 1. The van der Waals surface area contributed by atoms with Gasteiger partial charge in [-0.05, 0) is 17.4 Å². The van der Waals surface area contributed by atoms with Gasteiger partial charge in [0.1, 0.15) is 6.17 Å². The Labute approximate surface area is 130 Å². The van der Waals surface area contributed by atoms with Crippen molar-refractivity contribution in [3.63, 3.8) is 0 Å². The van der Waals surface area contributed by atoms with E-state index >= 15 is 0 Å². The van der Waals surface area contributed by atoms with E-state index in [2.05, 4.69) is 72.9 Å². The smallest absolute Gasteiger partial charge is 0.145 e. The lowest BCUT2D eigenvalue weighted by molar-refractivity contribution is 0.823. The molecule has 108 valence electrons. The Bertz CT molecular complexity index is 850. The van der Waals surface area contributed by atoms with Gasteiger partial charge in [-0.1, -0.05) is 73.7 Å². The summed E-state index contributed by atoms with van der Waals surface area (Å²) in [6.07, 6.45) is 0.936. The van der Waals surface area contributed by atoms with Crippen molar-refractivity contribution in [2.45, 2.75) is 19.5 Å². The second-order valence-electron chi connectivity index (χ2n) is 5.60. The summed E-state index contributed by atoms with van der Waals surface area (Å²) < 4.78 is 0. The maximum atomic E-state index is 4.92. The monoisotopic (exact) mass is 286 g/mol. The highest BCUT2D eigenvalue weighted by molar-refractivity contribution is 6.12. The van der Waals surface area contributed by atoms with Crippen LogP contribution in [0.2, 0.25) is 0 Å². The van der Waals surface area contributed by atoms with Gasteiger partial charge >= 0.3 is 0 Å². The van der Waals surface area contributed by atoms with Crippen LogP contribution in [-0.4, -0.2) is 5.71 Å². The Hall–Kier alpha value is -2.61. The molecule has 0 saturated carbocycles. The van der Waals surface area contributed by atoms with Crippen molar-refractivity contribution in [1.82, 2.24) is 0 Å². The first-order valence-corrected chi connectivity index (χ1v) is 7.77. The van der Waals surface area contributed by atoms with Gasteiger partial charge in [-0.25, -0.2) is 0 Å². The molecule has 0 amide bonds. The Morgan fingerprint density at radius 2 is 1.68 bits per heavy atom. The van der Waals surface area contributed by atoms with E-state index in [9.17, 15) is 0 Å². The molecule has 0 saturated heterocycles. The predicted molar refractivity (Wildman–Crippen MR) is 93.6 cm³/mol. The van der Waals surface area contributed by atoms with Gasteiger partial charge < -0.3 is 5.32 Å². The van der Waals surface area contributed by atoms with E-state index in [0.717, 1.165) is 6.42 Å². The fourth-order valence-corrected chi connectivity index (χ4v) is 3.14. The lowest BCUT2D eigenvalue weighted by atomic mass is 9.96. The number of hydrogen-bond donors (Lipinski definition) is 1. The quantitative estimate of drug-likeness (QED) is 0.691. The molecule has 1 N–H and O–H groups in total. The minimum atomic E-state index is -0.00513. The van der Waals surface area contributed by atoms with Crippen LogP contribution < -0.4 is 5.32 Å². The Morgan fingerprint density at radius 1 is 0.909 bits per heavy atom. The van der Waals surface area contributed by atoms with Gasteiger partial charge in [-0.3, -0.25) is 4.99 Å². The minimum absolute atomic E-state index is 0.00513. The van der Waals surface area contributed by atoms with Gasteiger partial charge in [0.25, 0.3) is 0 Å². The molecule has 1 unspecified atom stereocenters. The molecule has 0 aromatic heterocycles. The first-order valence-electron chi connectivity index (χ1n) is 7.77. The summed E-state index contributed by atoms with van der Waals surface area (Å²) in [7, 11) is 0. The molecule has 1 atom stereocenters. The van der Waals surface area contributed by atoms with Crippen molar-refractivity contribution in [2.24, 2.45) is 4.99 Å². The summed E-state index contributed by atoms with van der Waals surface area (Å²) in [6.45, 7) is 2.17. The fraction of sp³-hybridized carbons (Fsp3) is 0.150. The molecule has 0 aliphatic carbocycles. The molecule has 2 nitrogen and oxygen atoms in total. The van der Waals surface area contributed by atoms with Crippen LogP contribution in [0.1, 0.15) is 30.6 Å². The number of nitrogens with one attached hydrogen (secondary N) is 1. The van der Waals surface area contributed by atoms with Gasteiger partial charge in [-0.15, -0.1) is 0 Å². The summed E-state index contributed by atoms with van der Waals surface area (Å²) in [6, 6.07) is 23.3.